The average molecular weight is 295 g/mol. The molecule has 0 aromatic heterocycles. The summed E-state index contributed by atoms with van der Waals surface area (Å²) in [5.74, 6) is 2.70. The Morgan fingerprint density at radius 2 is 2.00 bits per heavy atom. The Bertz CT molecular complexity index is 298. The van der Waals surface area contributed by atoms with Crippen molar-refractivity contribution in [2.75, 3.05) is 32.7 Å². The van der Waals surface area contributed by atoms with Crippen molar-refractivity contribution in [1.82, 2.24) is 10.2 Å². The first kappa shape index (κ1) is 17.3. The van der Waals surface area contributed by atoms with Crippen LogP contribution in [0.5, 0.6) is 0 Å². The van der Waals surface area contributed by atoms with Crippen LogP contribution in [0.25, 0.3) is 0 Å². The van der Waals surface area contributed by atoms with E-state index in [1.807, 2.05) is 0 Å². The standard InChI is InChI=1S/C19H38N2/c1-5-21(13-18-8-9-18)15-19(14-20-12-16(2)3)10-6-7-17(4)11-19/h16-18,20H,5-15H2,1-4H3. The molecule has 0 radical (unpaired) electrons. The quantitative estimate of drug-likeness (QED) is 0.687. The van der Waals surface area contributed by atoms with Crippen LogP contribution >= 0.6 is 0 Å². The number of rotatable bonds is 9. The SMILES string of the molecule is CCN(CC1CC1)CC1(CNCC(C)C)CCCC(C)C1. The normalized spacial score (nSPS) is 30.3. The molecule has 2 saturated carbocycles. The summed E-state index contributed by atoms with van der Waals surface area (Å²) >= 11 is 0. The zero-order chi connectivity index (χ0) is 15.3. The summed E-state index contributed by atoms with van der Waals surface area (Å²) in [5, 5.41) is 3.79. The van der Waals surface area contributed by atoms with E-state index >= 15 is 0 Å². The Morgan fingerprint density at radius 1 is 1.24 bits per heavy atom. The van der Waals surface area contributed by atoms with E-state index in [2.05, 4.69) is 37.9 Å². The molecule has 2 atom stereocenters. The Morgan fingerprint density at radius 3 is 2.57 bits per heavy atom. The van der Waals surface area contributed by atoms with E-state index in [-0.39, 0.29) is 0 Å². The van der Waals surface area contributed by atoms with Crippen molar-refractivity contribution in [3.8, 4) is 0 Å². The van der Waals surface area contributed by atoms with Gasteiger partial charge in [-0.1, -0.05) is 40.5 Å². The van der Waals surface area contributed by atoms with Crippen molar-refractivity contribution in [2.45, 2.75) is 66.2 Å². The number of nitrogens with zero attached hydrogens (tertiary/aromatic N) is 1. The molecule has 0 aromatic rings. The summed E-state index contributed by atoms with van der Waals surface area (Å²) in [6.45, 7) is 15.8. The lowest BCUT2D eigenvalue weighted by Gasteiger charge is -2.43. The van der Waals surface area contributed by atoms with Gasteiger partial charge in [-0.05, 0) is 61.9 Å². The molecule has 2 fully saturated rings. The highest BCUT2D eigenvalue weighted by Gasteiger charge is 2.37. The molecule has 1 N–H and O–H groups in total. The first-order chi connectivity index (χ1) is 10.0. The minimum atomic E-state index is 0.539. The third kappa shape index (κ3) is 5.90. The molecule has 0 bridgehead atoms. The van der Waals surface area contributed by atoms with E-state index in [1.165, 1.54) is 71.2 Å². The van der Waals surface area contributed by atoms with Crippen molar-refractivity contribution in [2.24, 2.45) is 23.2 Å². The Labute approximate surface area is 133 Å². The molecule has 2 aliphatic rings. The van der Waals surface area contributed by atoms with Gasteiger partial charge in [0, 0.05) is 19.6 Å². The van der Waals surface area contributed by atoms with E-state index in [9.17, 15) is 0 Å². The molecular weight excluding hydrogens is 256 g/mol. The molecule has 2 nitrogen and oxygen atoms in total. The maximum Gasteiger partial charge on any atom is 0.00502 e. The van der Waals surface area contributed by atoms with Crippen LogP contribution in [0.3, 0.4) is 0 Å². The first-order valence-electron chi connectivity index (χ1n) is 9.46. The molecule has 0 saturated heterocycles. The van der Waals surface area contributed by atoms with Gasteiger partial charge in [0.25, 0.3) is 0 Å². The van der Waals surface area contributed by atoms with E-state index in [4.69, 9.17) is 0 Å². The smallest absolute Gasteiger partial charge is 0.00502 e. The summed E-state index contributed by atoms with van der Waals surface area (Å²) in [7, 11) is 0. The van der Waals surface area contributed by atoms with Gasteiger partial charge < -0.3 is 10.2 Å². The molecule has 2 heteroatoms. The highest BCUT2D eigenvalue weighted by Crippen LogP contribution is 2.40. The lowest BCUT2D eigenvalue weighted by Crippen LogP contribution is -2.47. The maximum absolute atomic E-state index is 3.79. The fourth-order valence-electron chi connectivity index (χ4n) is 4.20. The number of hydrogen-bond acceptors (Lipinski definition) is 2. The topological polar surface area (TPSA) is 15.3 Å². The molecule has 0 aliphatic heterocycles. The maximum atomic E-state index is 3.79. The van der Waals surface area contributed by atoms with Crippen LogP contribution in [-0.2, 0) is 0 Å². The van der Waals surface area contributed by atoms with E-state index in [0.29, 0.717) is 5.41 Å². The van der Waals surface area contributed by atoms with Crippen LogP contribution in [0, 0.1) is 23.2 Å². The van der Waals surface area contributed by atoms with Gasteiger partial charge >= 0.3 is 0 Å². The van der Waals surface area contributed by atoms with Gasteiger partial charge in [-0.25, -0.2) is 0 Å². The van der Waals surface area contributed by atoms with Crippen LogP contribution < -0.4 is 5.32 Å². The van der Waals surface area contributed by atoms with Crippen molar-refractivity contribution >= 4 is 0 Å². The van der Waals surface area contributed by atoms with Crippen LogP contribution in [0.15, 0.2) is 0 Å². The fourth-order valence-corrected chi connectivity index (χ4v) is 4.20. The van der Waals surface area contributed by atoms with Crippen LogP contribution in [0.2, 0.25) is 0 Å². The van der Waals surface area contributed by atoms with Crippen molar-refractivity contribution in [3.63, 3.8) is 0 Å². The zero-order valence-corrected chi connectivity index (χ0v) is 15.0. The molecule has 0 heterocycles. The Balaban J connectivity index is 1.92. The van der Waals surface area contributed by atoms with Gasteiger partial charge in [0.05, 0.1) is 0 Å². The lowest BCUT2D eigenvalue weighted by atomic mass is 9.69. The molecule has 0 amide bonds. The van der Waals surface area contributed by atoms with Gasteiger partial charge in [0.15, 0.2) is 0 Å². The summed E-state index contributed by atoms with van der Waals surface area (Å²) in [5.41, 5.74) is 0.539. The van der Waals surface area contributed by atoms with Gasteiger partial charge in [0.2, 0.25) is 0 Å². The second-order valence-corrected chi connectivity index (χ2v) is 8.50. The van der Waals surface area contributed by atoms with E-state index in [0.717, 1.165) is 17.8 Å². The highest BCUT2D eigenvalue weighted by molar-refractivity contribution is 4.91. The van der Waals surface area contributed by atoms with E-state index in [1.54, 1.807) is 0 Å². The molecule has 2 aliphatic carbocycles. The monoisotopic (exact) mass is 294 g/mol. The van der Waals surface area contributed by atoms with Crippen LogP contribution in [-0.4, -0.2) is 37.6 Å². The zero-order valence-electron chi connectivity index (χ0n) is 15.0. The molecule has 2 unspecified atom stereocenters. The highest BCUT2D eigenvalue weighted by atomic mass is 15.1. The van der Waals surface area contributed by atoms with E-state index < -0.39 is 0 Å². The molecule has 21 heavy (non-hydrogen) atoms. The predicted molar refractivity (Wildman–Crippen MR) is 92.6 cm³/mol. The molecule has 0 spiro atoms. The van der Waals surface area contributed by atoms with Crippen LogP contribution in [0.1, 0.15) is 66.2 Å². The third-order valence-corrected chi connectivity index (χ3v) is 5.46. The van der Waals surface area contributed by atoms with Crippen molar-refractivity contribution in [3.05, 3.63) is 0 Å². The first-order valence-corrected chi connectivity index (χ1v) is 9.46. The summed E-state index contributed by atoms with van der Waals surface area (Å²) in [4.78, 5) is 2.76. The van der Waals surface area contributed by atoms with Gasteiger partial charge in [-0.15, -0.1) is 0 Å². The molecule has 124 valence electrons. The second-order valence-electron chi connectivity index (χ2n) is 8.50. The van der Waals surface area contributed by atoms with Gasteiger partial charge in [-0.2, -0.15) is 0 Å². The number of nitrogens with one attached hydrogen (secondary N) is 1. The van der Waals surface area contributed by atoms with Gasteiger partial charge in [-0.3, -0.25) is 0 Å². The van der Waals surface area contributed by atoms with Crippen molar-refractivity contribution in [1.29, 1.82) is 0 Å². The Kier molecular flexibility index (Phi) is 6.55. The summed E-state index contributed by atoms with van der Waals surface area (Å²) in [6, 6.07) is 0. The molecular formula is C19H38N2. The second kappa shape index (κ2) is 7.97. The minimum Gasteiger partial charge on any atom is -0.316 e. The summed E-state index contributed by atoms with van der Waals surface area (Å²) < 4.78 is 0. The number of hydrogen-bond donors (Lipinski definition) is 1. The average Bonchev–Trinajstić information content (AvgIpc) is 3.21. The fraction of sp³-hybridized carbons (Fsp3) is 1.00. The molecule has 0 aromatic carbocycles. The molecule has 2 rings (SSSR count). The largest absolute Gasteiger partial charge is 0.316 e. The van der Waals surface area contributed by atoms with Crippen LogP contribution in [0.4, 0.5) is 0 Å². The Hall–Kier alpha value is -0.0800. The third-order valence-electron chi connectivity index (χ3n) is 5.46. The minimum absolute atomic E-state index is 0.539. The summed E-state index contributed by atoms with van der Waals surface area (Å²) in [6.07, 6.45) is 8.70. The van der Waals surface area contributed by atoms with Crippen molar-refractivity contribution < 1.29 is 0 Å². The lowest BCUT2D eigenvalue weighted by molar-refractivity contribution is 0.0794. The van der Waals surface area contributed by atoms with Gasteiger partial charge in [0.1, 0.15) is 0 Å². The predicted octanol–water partition coefficient (Wildman–Crippen LogP) is 4.16.